The van der Waals surface area contributed by atoms with Crippen LogP contribution < -0.4 is 5.01 Å². The number of carbonyl (C=O) groups is 2. The third kappa shape index (κ3) is 2.54. The molecule has 0 spiro atoms. The molecule has 0 aromatic carbocycles. The number of imide groups is 1. The predicted molar refractivity (Wildman–Crippen MR) is 72.9 cm³/mol. The molecule has 0 bridgehead atoms. The van der Waals surface area contributed by atoms with Crippen molar-refractivity contribution < 1.29 is 22.8 Å². The summed E-state index contributed by atoms with van der Waals surface area (Å²) in [6, 6.07) is 1.79. The number of halogens is 4. The van der Waals surface area contributed by atoms with Gasteiger partial charge >= 0.3 is 6.18 Å². The molecule has 2 amide bonds. The normalized spacial score (nSPS) is 15.9. The number of hydrogen-bond acceptors (Lipinski definition) is 4. The van der Waals surface area contributed by atoms with E-state index in [9.17, 15) is 22.8 Å². The number of amides is 2. The highest BCUT2D eigenvalue weighted by molar-refractivity contribution is 6.30. The fraction of sp³-hybridized carbons (Fsp3) is 0.308. The second kappa shape index (κ2) is 5.28. The third-order valence-corrected chi connectivity index (χ3v) is 3.65. The summed E-state index contributed by atoms with van der Waals surface area (Å²) < 4.78 is 37.9. The molecule has 5 nitrogen and oxygen atoms in total. The van der Waals surface area contributed by atoms with E-state index in [1.54, 1.807) is 0 Å². The maximum absolute atomic E-state index is 12.6. The number of pyridine rings is 1. The van der Waals surface area contributed by atoms with E-state index in [0.29, 0.717) is 0 Å². The number of nitrogens with zero attached hydrogens (tertiary/aromatic N) is 3. The Labute approximate surface area is 128 Å². The molecule has 0 fully saturated rings. The molecule has 1 aromatic rings. The lowest BCUT2D eigenvalue weighted by atomic mass is 10.2. The molecule has 118 valence electrons. The zero-order valence-corrected chi connectivity index (χ0v) is 12.6. The van der Waals surface area contributed by atoms with Crippen LogP contribution >= 0.6 is 11.6 Å². The van der Waals surface area contributed by atoms with Crippen LogP contribution in [0, 0.1) is 0 Å². The third-order valence-electron chi connectivity index (χ3n) is 3.36. The molecule has 1 aliphatic heterocycles. The van der Waals surface area contributed by atoms with E-state index in [1.807, 2.05) is 0 Å². The molecule has 9 heteroatoms. The average molecular weight is 334 g/mol. The molecular weight excluding hydrogens is 323 g/mol. The first-order valence-electron chi connectivity index (χ1n) is 6.09. The zero-order chi connectivity index (χ0) is 16.8. The zero-order valence-electron chi connectivity index (χ0n) is 11.8. The standard InChI is InChI=1S/C13H11ClF3N3O2/c1-6-7(2)12(22)20(11(6)21)19(3)9-5-4-8(10(14)18-9)13(15,16)17/h4-5H,1-3H3. The Bertz CT molecular complexity index is 676. The van der Waals surface area contributed by atoms with Gasteiger partial charge < -0.3 is 0 Å². The van der Waals surface area contributed by atoms with Crippen LogP contribution in [0.4, 0.5) is 19.0 Å². The topological polar surface area (TPSA) is 53.5 Å². The molecule has 22 heavy (non-hydrogen) atoms. The fourth-order valence-electron chi connectivity index (χ4n) is 1.92. The number of hydrazine groups is 1. The molecule has 1 aliphatic rings. The van der Waals surface area contributed by atoms with E-state index in [4.69, 9.17) is 11.6 Å². The van der Waals surface area contributed by atoms with Crippen molar-refractivity contribution in [1.29, 1.82) is 0 Å². The largest absolute Gasteiger partial charge is 0.419 e. The van der Waals surface area contributed by atoms with Crippen LogP contribution in [0.3, 0.4) is 0 Å². The summed E-state index contributed by atoms with van der Waals surface area (Å²) in [5.41, 5.74) is -0.541. The number of anilines is 1. The van der Waals surface area contributed by atoms with E-state index in [2.05, 4.69) is 4.98 Å². The summed E-state index contributed by atoms with van der Waals surface area (Å²) in [6.07, 6.45) is -4.63. The van der Waals surface area contributed by atoms with Gasteiger partial charge in [-0.2, -0.15) is 18.2 Å². The van der Waals surface area contributed by atoms with Crippen molar-refractivity contribution in [1.82, 2.24) is 9.99 Å². The molecule has 2 rings (SSSR count). The first-order valence-corrected chi connectivity index (χ1v) is 6.47. The molecule has 0 unspecified atom stereocenters. The summed E-state index contributed by atoms with van der Waals surface area (Å²) in [5, 5.41) is 1.12. The maximum Gasteiger partial charge on any atom is 0.419 e. The molecule has 0 atom stereocenters. The van der Waals surface area contributed by atoms with E-state index >= 15 is 0 Å². The highest BCUT2D eigenvalue weighted by Crippen LogP contribution is 2.35. The minimum Gasteiger partial charge on any atom is -0.267 e. The molecule has 0 N–H and O–H groups in total. The summed E-state index contributed by atoms with van der Waals surface area (Å²) in [5.74, 6) is -1.16. The smallest absolute Gasteiger partial charge is 0.267 e. The Hall–Kier alpha value is -2.09. The Morgan fingerprint density at radius 1 is 1.14 bits per heavy atom. The van der Waals surface area contributed by atoms with Gasteiger partial charge in [0.2, 0.25) is 0 Å². The number of hydrogen-bond donors (Lipinski definition) is 0. The van der Waals surface area contributed by atoms with Gasteiger partial charge in [-0.05, 0) is 26.0 Å². The Morgan fingerprint density at radius 3 is 2.05 bits per heavy atom. The lowest BCUT2D eigenvalue weighted by Gasteiger charge is -2.27. The van der Waals surface area contributed by atoms with Gasteiger partial charge in [0.25, 0.3) is 11.8 Å². The van der Waals surface area contributed by atoms with Gasteiger partial charge in [0.05, 0.1) is 5.56 Å². The number of aromatic nitrogens is 1. The molecule has 1 aromatic heterocycles. The van der Waals surface area contributed by atoms with Crippen LogP contribution in [-0.2, 0) is 15.8 Å². The van der Waals surface area contributed by atoms with Crippen LogP contribution in [0.25, 0.3) is 0 Å². The minimum atomic E-state index is -4.63. The van der Waals surface area contributed by atoms with Gasteiger partial charge in [0.1, 0.15) is 11.0 Å². The van der Waals surface area contributed by atoms with Gasteiger partial charge in [-0.1, -0.05) is 11.6 Å². The Kier molecular flexibility index (Phi) is 3.90. The minimum absolute atomic E-state index is 0.0535. The van der Waals surface area contributed by atoms with Gasteiger partial charge in [-0.15, -0.1) is 0 Å². The van der Waals surface area contributed by atoms with E-state index in [0.717, 1.165) is 22.2 Å². The number of carbonyl (C=O) groups excluding carboxylic acids is 2. The SMILES string of the molecule is CC1=C(C)C(=O)N(N(C)c2ccc(C(F)(F)F)c(Cl)n2)C1=O. The van der Waals surface area contributed by atoms with E-state index in [-0.39, 0.29) is 17.0 Å². The van der Waals surface area contributed by atoms with Gasteiger partial charge in [0.15, 0.2) is 0 Å². The van der Waals surface area contributed by atoms with Gasteiger partial charge in [-0.25, -0.2) is 4.98 Å². The van der Waals surface area contributed by atoms with Crippen molar-refractivity contribution in [3.63, 3.8) is 0 Å². The molecule has 0 radical (unpaired) electrons. The summed E-state index contributed by atoms with van der Waals surface area (Å²) in [6.45, 7) is 2.99. The Balaban J connectivity index is 2.36. The molecule has 2 heterocycles. The first-order chi connectivity index (χ1) is 10.1. The fourth-order valence-corrected chi connectivity index (χ4v) is 2.18. The second-order valence-corrected chi connectivity index (χ2v) is 5.06. The van der Waals surface area contributed by atoms with Crippen molar-refractivity contribution in [3.8, 4) is 0 Å². The summed E-state index contributed by atoms with van der Waals surface area (Å²) in [7, 11) is 1.34. The monoisotopic (exact) mass is 333 g/mol. The van der Waals surface area contributed by atoms with E-state index in [1.165, 1.54) is 20.9 Å². The van der Waals surface area contributed by atoms with Gasteiger partial charge in [-0.3, -0.25) is 14.6 Å². The van der Waals surface area contributed by atoms with Crippen LogP contribution in [0.15, 0.2) is 23.3 Å². The van der Waals surface area contributed by atoms with Crippen molar-refractivity contribution in [2.75, 3.05) is 12.1 Å². The van der Waals surface area contributed by atoms with Gasteiger partial charge in [0, 0.05) is 18.2 Å². The van der Waals surface area contributed by atoms with Crippen LogP contribution in [0.1, 0.15) is 19.4 Å². The van der Waals surface area contributed by atoms with Crippen LogP contribution in [-0.4, -0.2) is 28.9 Å². The number of alkyl halides is 3. The highest BCUT2D eigenvalue weighted by Gasteiger charge is 2.38. The quantitative estimate of drug-likeness (QED) is 0.617. The highest BCUT2D eigenvalue weighted by atomic mass is 35.5. The molecule has 0 saturated carbocycles. The summed E-state index contributed by atoms with van der Waals surface area (Å²) >= 11 is 5.54. The summed E-state index contributed by atoms with van der Waals surface area (Å²) in [4.78, 5) is 27.6. The lowest BCUT2D eigenvalue weighted by molar-refractivity contribution is -0.139. The molecular formula is C13H11ClF3N3O2. The first kappa shape index (κ1) is 16.3. The lowest BCUT2D eigenvalue weighted by Crippen LogP contribution is -2.45. The van der Waals surface area contributed by atoms with Crippen LogP contribution in [0.5, 0.6) is 0 Å². The van der Waals surface area contributed by atoms with Crippen molar-refractivity contribution in [2.24, 2.45) is 0 Å². The predicted octanol–water partition coefficient (Wildman–Crippen LogP) is 2.81. The van der Waals surface area contributed by atoms with Crippen molar-refractivity contribution in [2.45, 2.75) is 20.0 Å². The number of rotatable bonds is 2. The molecule has 0 aliphatic carbocycles. The molecule has 0 saturated heterocycles. The van der Waals surface area contributed by atoms with Crippen molar-refractivity contribution >= 4 is 29.2 Å². The van der Waals surface area contributed by atoms with Crippen molar-refractivity contribution in [3.05, 3.63) is 34.0 Å². The van der Waals surface area contributed by atoms with E-state index < -0.39 is 28.7 Å². The van der Waals surface area contributed by atoms with Crippen LogP contribution in [0.2, 0.25) is 5.15 Å². The maximum atomic E-state index is 12.6. The average Bonchev–Trinajstić information content (AvgIpc) is 2.61. The second-order valence-electron chi connectivity index (χ2n) is 4.70. The Morgan fingerprint density at radius 2 is 1.64 bits per heavy atom.